The van der Waals surface area contributed by atoms with Gasteiger partial charge in [0.1, 0.15) is 18.2 Å². The van der Waals surface area contributed by atoms with Crippen molar-refractivity contribution in [1.82, 2.24) is 5.32 Å². The highest BCUT2D eigenvalue weighted by atomic mass is 19.1. The summed E-state index contributed by atoms with van der Waals surface area (Å²) in [7, 11) is 1.47. The second-order valence-electron chi connectivity index (χ2n) is 3.18. The van der Waals surface area contributed by atoms with Gasteiger partial charge in [0.05, 0.1) is 13.2 Å². The molecule has 1 aliphatic rings. The van der Waals surface area contributed by atoms with Gasteiger partial charge in [-0.1, -0.05) is 6.07 Å². The molecule has 1 aromatic carbocycles. The highest BCUT2D eigenvalue weighted by Crippen LogP contribution is 2.24. The fourth-order valence-corrected chi connectivity index (χ4v) is 1.47. The van der Waals surface area contributed by atoms with Gasteiger partial charge in [-0.25, -0.2) is 9.18 Å². The molecule has 15 heavy (non-hydrogen) atoms. The van der Waals surface area contributed by atoms with Gasteiger partial charge in [0, 0.05) is 11.6 Å². The van der Waals surface area contributed by atoms with Crippen LogP contribution in [0.3, 0.4) is 0 Å². The summed E-state index contributed by atoms with van der Waals surface area (Å²) in [5, 5.41) is 2.51. The zero-order valence-corrected chi connectivity index (χ0v) is 8.12. The maximum Gasteiger partial charge on any atom is 0.407 e. The fraction of sp³-hybridized carbons (Fsp3) is 0.300. The quantitative estimate of drug-likeness (QED) is 0.808. The molecule has 0 radical (unpaired) electrons. The smallest absolute Gasteiger partial charge is 0.407 e. The molecule has 1 saturated heterocycles. The highest BCUT2D eigenvalue weighted by Gasteiger charge is 2.26. The number of benzene rings is 1. The Labute approximate surface area is 86.0 Å². The van der Waals surface area contributed by atoms with Crippen LogP contribution in [-0.2, 0) is 4.74 Å². The maximum absolute atomic E-state index is 13.5. The average Bonchev–Trinajstić information content (AvgIpc) is 2.64. The van der Waals surface area contributed by atoms with Crippen LogP contribution < -0.4 is 10.1 Å². The van der Waals surface area contributed by atoms with E-state index in [-0.39, 0.29) is 6.61 Å². The van der Waals surface area contributed by atoms with Gasteiger partial charge in [0.15, 0.2) is 0 Å². The second-order valence-corrected chi connectivity index (χ2v) is 3.18. The van der Waals surface area contributed by atoms with Crippen LogP contribution in [0.15, 0.2) is 18.2 Å². The van der Waals surface area contributed by atoms with Crippen LogP contribution >= 0.6 is 0 Å². The first-order chi connectivity index (χ1) is 7.20. The lowest BCUT2D eigenvalue weighted by molar-refractivity contribution is 0.176. The summed E-state index contributed by atoms with van der Waals surface area (Å²) in [5.74, 6) is 0.0339. The van der Waals surface area contributed by atoms with E-state index in [1.54, 1.807) is 12.1 Å². The first-order valence-electron chi connectivity index (χ1n) is 4.47. The van der Waals surface area contributed by atoms with E-state index >= 15 is 0 Å². The number of halogens is 1. The number of amides is 1. The molecule has 0 saturated carbocycles. The summed E-state index contributed by atoms with van der Waals surface area (Å²) in [6.07, 6.45) is -0.518. The van der Waals surface area contributed by atoms with E-state index in [1.807, 2.05) is 0 Å². The molecule has 1 fully saturated rings. The number of cyclic esters (lactones) is 1. The molecule has 2 rings (SSSR count). The maximum atomic E-state index is 13.5. The Balaban J connectivity index is 2.25. The Morgan fingerprint density at radius 1 is 1.60 bits per heavy atom. The van der Waals surface area contributed by atoms with E-state index < -0.39 is 18.0 Å². The van der Waals surface area contributed by atoms with Crippen molar-refractivity contribution < 1.29 is 18.7 Å². The van der Waals surface area contributed by atoms with Crippen molar-refractivity contribution in [2.45, 2.75) is 6.04 Å². The Bertz CT molecular complexity index is 394. The second kappa shape index (κ2) is 3.76. The first-order valence-corrected chi connectivity index (χ1v) is 4.47. The summed E-state index contributed by atoms with van der Waals surface area (Å²) >= 11 is 0. The molecule has 0 spiro atoms. The summed E-state index contributed by atoms with van der Waals surface area (Å²) in [5.41, 5.74) is 0.404. The molecule has 0 bridgehead atoms. The van der Waals surface area contributed by atoms with Crippen molar-refractivity contribution in [3.63, 3.8) is 0 Å². The molecule has 1 heterocycles. The van der Waals surface area contributed by atoms with Crippen LogP contribution in [0.5, 0.6) is 5.75 Å². The van der Waals surface area contributed by atoms with Crippen molar-refractivity contribution >= 4 is 6.09 Å². The summed E-state index contributed by atoms with van der Waals surface area (Å²) < 4.78 is 23.1. The Morgan fingerprint density at radius 2 is 2.40 bits per heavy atom. The van der Waals surface area contributed by atoms with Crippen LogP contribution in [0.1, 0.15) is 11.6 Å². The fourth-order valence-electron chi connectivity index (χ4n) is 1.47. The van der Waals surface area contributed by atoms with Gasteiger partial charge < -0.3 is 14.8 Å². The molecule has 1 aliphatic heterocycles. The van der Waals surface area contributed by atoms with Gasteiger partial charge in [0.2, 0.25) is 0 Å². The van der Waals surface area contributed by atoms with Crippen LogP contribution in [0.2, 0.25) is 0 Å². The van der Waals surface area contributed by atoms with Gasteiger partial charge in [0.25, 0.3) is 0 Å². The number of methoxy groups -OCH3 is 1. The number of hydrogen-bond donors (Lipinski definition) is 1. The molecule has 0 aliphatic carbocycles. The molecule has 0 unspecified atom stereocenters. The van der Waals surface area contributed by atoms with E-state index in [2.05, 4.69) is 10.1 Å². The molecular formula is C10H10FNO3. The van der Waals surface area contributed by atoms with Crippen LogP contribution in [-0.4, -0.2) is 19.8 Å². The molecule has 1 N–H and O–H groups in total. The van der Waals surface area contributed by atoms with Gasteiger partial charge in [-0.3, -0.25) is 0 Å². The highest BCUT2D eigenvalue weighted by molar-refractivity contribution is 5.70. The molecule has 80 valence electrons. The van der Waals surface area contributed by atoms with E-state index in [0.717, 1.165) is 0 Å². The van der Waals surface area contributed by atoms with Crippen molar-refractivity contribution in [2.24, 2.45) is 0 Å². The average molecular weight is 211 g/mol. The molecular weight excluding hydrogens is 201 g/mol. The Hall–Kier alpha value is -1.78. The minimum atomic E-state index is -0.518. The summed E-state index contributed by atoms with van der Waals surface area (Å²) in [6.45, 7) is 0.155. The Kier molecular flexibility index (Phi) is 2.45. The van der Waals surface area contributed by atoms with E-state index in [4.69, 9.17) is 4.74 Å². The standard InChI is InChI=1S/C10H10FNO3/c1-14-6-2-3-7(8(11)4-6)9-5-15-10(13)12-9/h2-4,9H,5H2,1H3,(H,12,13)/t9-/m1/s1. The minimum Gasteiger partial charge on any atom is -0.497 e. The normalized spacial score (nSPS) is 19.6. The third kappa shape index (κ3) is 1.86. The zero-order chi connectivity index (χ0) is 10.8. The first kappa shape index (κ1) is 9.76. The lowest BCUT2D eigenvalue weighted by Gasteiger charge is -2.09. The predicted octanol–water partition coefficient (Wildman–Crippen LogP) is 1.62. The van der Waals surface area contributed by atoms with E-state index in [1.165, 1.54) is 13.2 Å². The van der Waals surface area contributed by atoms with Gasteiger partial charge >= 0.3 is 6.09 Å². The zero-order valence-electron chi connectivity index (χ0n) is 8.12. The SMILES string of the molecule is COc1ccc([C@H]2COC(=O)N2)c(F)c1. The van der Waals surface area contributed by atoms with Crippen molar-refractivity contribution in [1.29, 1.82) is 0 Å². The lowest BCUT2D eigenvalue weighted by atomic mass is 10.1. The Morgan fingerprint density at radius 3 is 2.93 bits per heavy atom. The summed E-state index contributed by atoms with van der Waals surface area (Å²) in [6, 6.07) is 4.08. The molecule has 5 heteroatoms. The summed E-state index contributed by atoms with van der Waals surface area (Å²) in [4.78, 5) is 10.8. The van der Waals surface area contributed by atoms with Gasteiger partial charge in [-0.05, 0) is 6.07 Å². The number of ether oxygens (including phenoxy) is 2. The van der Waals surface area contributed by atoms with Crippen molar-refractivity contribution in [2.75, 3.05) is 13.7 Å². The molecule has 4 nitrogen and oxygen atoms in total. The molecule has 0 aromatic heterocycles. The van der Waals surface area contributed by atoms with Crippen LogP contribution in [0.4, 0.5) is 9.18 Å². The predicted molar refractivity (Wildman–Crippen MR) is 50.2 cm³/mol. The number of nitrogens with one attached hydrogen (secondary N) is 1. The van der Waals surface area contributed by atoms with E-state index in [0.29, 0.717) is 11.3 Å². The molecule has 1 atom stereocenters. The van der Waals surface area contributed by atoms with Crippen LogP contribution in [0, 0.1) is 5.82 Å². The molecule has 1 amide bonds. The van der Waals surface area contributed by atoms with E-state index in [9.17, 15) is 9.18 Å². The van der Waals surface area contributed by atoms with Crippen LogP contribution in [0.25, 0.3) is 0 Å². The number of hydrogen-bond acceptors (Lipinski definition) is 3. The largest absolute Gasteiger partial charge is 0.497 e. The topological polar surface area (TPSA) is 47.6 Å². The molecule has 1 aromatic rings. The lowest BCUT2D eigenvalue weighted by Crippen LogP contribution is -2.19. The van der Waals surface area contributed by atoms with Crippen molar-refractivity contribution in [3.8, 4) is 5.75 Å². The monoisotopic (exact) mass is 211 g/mol. The number of carbonyl (C=O) groups is 1. The number of carbonyl (C=O) groups excluding carboxylic acids is 1. The number of rotatable bonds is 2. The van der Waals surface area contributed by atoms with Gasteiger partial charge in [-0.15, -0.1) is 0 Å². The van der Waals surface area contributed by atoms with Crippen molar-refractivity contribution in [3.05, 3.63) is 29.6 Å². The third-order valence-electron chi connectivity index (χ3n) is 2.26. The van der Waals surface area contributed by atoms with Gasteiger partial charge in [-0.2, -0.15) is 0 Å². The third-order valence-corrected chi connectivity index (χ3v) is 2.26. The number of alkyl carbamates (subject to hydrolysis) is 1. The minimum absolute atomic E-state index is 0.155.